The lowest BCUT2D eigenvalue weighted by Gasteiger charge is -2.13. The number of ether oxygens (including phenoxy) is 3. The van der Waals surface area contributed by atoms with Gasteiger partial charge in [0.2, 0.25) is 0 Å². The van der Waals surface area contributed by atoms with Crippen LogP contribution in [-0.4, -0.2) is 32.0 Å². The van der Waals surface area contributed by atoms with Crippen molar-refractivity contribution in [3.8, 4) is 17.2 Å². The topological polar surface area (TPSA) is 47.9 Å². The van der Waals surface area contributed by atoms with Crippen molar-refractivity contribution in [3.63, 3.8) is 0 Å². The van der Waals surface area contributed by atoms with Gasteiger partial charge in [-0.3, -0.25) is 0 Å². The molecule has 0 aromatic heterocycles. The number of hydrogen-bond acceptors (Lipinski definition) is 4. The molecule has 26 heavy (non-hydrogen) atoms. The van der Waals surface area contributed by atoms with Crippen molar-refractivity contribution in [2.45, 2.75) is 45.6 Å². The minimum Gasteiger partial charge on any atom is -0.493 e. The average molecular weight is 367 g/mol. The average Bonchev–Trinajstić information content (AvgIpc) is 2.80. The van der Waals surface area contributed by atoms with Crippen LogP contribution in [0.2, 0.25) is 0 Å². The fourth-order valence-corrected chi connectivity index (χ4v) is 2.24. The third-order valence-electron chi connectivity index (χ3n) is 3.88. The van der Waals surface area contributed by atoms with Gasteiger partial charge in [0.05, 0.1) is 31.3 Å². The minimum atomic E-state index is -2.60. The first-order valence-electron chi connectivity index (χ1n) is 12.4. The van der Waals surface area contributed by atoms with Crippen molar-refractivity contribution in [2.24, 2.45) is 0 Å². The number of benzene rings is 2. The molecule has 0 heterocycles. The van der Waals surface area contributed by atoms with Crippen LogP contribution >= 0.6 is 0 Å². The molecule has 0 aliphatic rings. The van der Waals surface area contributed by atoms with Gasteiger partial charge in [0.1, 0.15) is 12.3 Å². The highest BCUT2D eigenvalue weighted by atomic mass is 16.5. The Kier molecular flexibility index (Phi) is 4.45. The number of methoxy groups -OCH3 is 2. The van der Waals surface area contributed by atoms with Crippen molar-refractivity contribution < 1.29 is 30.3 Å². The first-order valence-corrected chi connectivity index (χ1v) is 8.44. The van der Waals surface area contributed by atoms with Crippen molar-refractivity contribution in [3.05, 3.63) is 52.9 Å². The van der Waals surface area contributed by atoms with Crippen molar-refractivity contribution in [1.29, 1.82) is 0 Å². The minimum absolute atomic E-state index is 0.0199. The Balaban J connectivity index is 2.09. The molecule has 1 atom stereocenters. The van der Waals surface area contributed by atoms with Crippen LogP contribution in [0.25, 0.3) is 0 Å². The van der Waals surface area contributed by atoms with Gasteiger partial charge in [0, 0.05) is 0 Å². The molecule has 0 aliphatic heterocycles. The van der Waals surface area contributed by atoms with Crippen molar-refractivity contribution in [2.75, 3.05) is 20.8 Å². The summed E-state index contributed by atoms with van der Waals surface area (Å²) in [5.74, 6) is -0.294. The van der Waals surface area contributed by atoms with Crippen LogP contribution in [0.1, 0.15) is 46.9 Å². The monoisotopic (exact) mass is 366 g/mol. The Morgan fingerprint density at radius 3 is 2.50 bits per heavy atom. The van der Waals surface area contributed by atoms with Gasteiger partial charge in [0.25, 0.3) is 0 Å². The summed E-state index contributed by atoms with van der Waals surface area (Å²) in [5, 5.41) is 10.4. The Labute approximate surface area is 168 Å². The lowest BCUT2D eigenvalue weighted by Crippen LogP contribution is -2.17. The quantitative estimate of drug-likeness (QED) is 0.630. The summed E-state index contributed by atoms with van der Waals surface area (Å²) in [5.41, 5.74) is 1.14. The predicted octanol–water partition coefficient (Wildman–Crippen LogP) is 4.47. The molecular weight excluding hydrogens is 328 g/mol. The molecule has 2 aromatic carbocycles. The summed E-state index contributed by atoms with van der Waals surface area (Å²) in [6.07, 6.45) is -0.636. The molecule has 1 N–H and O–H groups in total. The third kappa shape index (κ3) is 5.95. The SMILES string of the molecule is [2H]c1c([2H])c(OC([2H])([2H])C(O)CCCCc2c([2H])c([2H])c(OC)c(OC)c2[2H])c([2H])c(C)c1C. The first kappa shape index (κ1) is 11.5. The van der Waals surface area contributed by atoms with E-state index in [1.54, 1.807) is 13.8 Å². The predicted molar refractivity (Wildman–Crippen MR) is 105 cm³/mol. The van der Waals surface area contributed by atoms with Gasteiger partial charge in [-0.25, -0.2) is 0 Å². The fraction of sp³-hybridized carbons (Fsp3) is 0.455. The van der Waals surface area contributed by atoms with Crippen LogP contribution in [0, 0.1) is 13.8 Å². The molecule has 0 radical (unpaired) electrons. The standard InChI is InChI=1S/C22H30O4/c1-16-9-11-20(13-17(16)2)26-15-19(23)8-6-5-7-18-10-12-21(24-3)22(14-18)25-4/h9-14,19,23H,5-8,15H2,1-4H3/i9D,10D,11D,12D,13D,14D,15D2. The largest absolute Gasteiger partial charge is 0.493 e. The lowest BCUT2D eigenvalue weighted by atomic mass is 10.0. The van der Waals surface area contributed by atoms with E-state index in [0.29, 0.717) is 29.5 Å². The van der Waals surface area contributed by atoms with Crippen LogP contribution in [0.5, 0.6) is 17.2 Å². The zero-order chi connectivity index (χ0) is 26.0. The molecule has 1 unspecified atom stereocenters. The smallest absolute Gasteiger partial charge is 0.160 e. The van der Waals surface area contributed by atoms with E-state index < -0.39 is 18.7 Å². The van der Waals surface area contributed by atoms with Crippen LogP contribution in [0.4, 0.5) is 0 Å². The number of aliphatic hydroxyl groups is 1. The highest BCUT2D eigenvalue weighted by Crippen LogP contribution is 2.28. The van der Waals surface area contributed by atoms with Crippen LogP contribution in [0.15, 0.2) is 36.3 Å². The molecule has 0 aliphatic carbocycles. The Morgan fingerprint density at radius 2 is 1.77 bits per heavy atom. The Morgan fingerprint density at radius 1 is 1.00 bits per heavy atom. The van der Waals surface area contributed by atoms with Gasteiger partial charge in [-0.05, 0) is 74.0 Å². The highest BCUT2D eigenvalue weighted by molar-refractivity contribution is 5.42. The second-order valence-electron chi connectivity index (χ2n) is 5.86. The van der Waals surface area contributed by atoms with Gasteiger partial charge in [-0.2, -0.15) is 0 Å². The molecule has 0 spiro atoms. The molecule has 4 heteroatoms. The van der Waals surface area contributed by atoms with Crippen LogP contribution < -0.4 is 14.2 Å². The summed E-state index contributed by atoms with van der Waals surface area (Å²) < 4.78 is 80.3. The number of unbranched alkanes of at least 4 members (excludes halogenated alkanes) is 1. The van der Waals surface area contributed by atoms with E-state index in [2.05, 4.69) is 0 Å². The maximum Gasteiger partial charge on any atom is 0.160 e. The Bertz CT molecular complexity index is 1030. The highest BCUT2D eigenvalue weighted by Gasteiger charge is 2.07. The van der Waals surface area contributed by atoms with E-state index in [0.717, 1.165) is 0 Å². The molecule has 0 fully saturated rings. The van der Waals surface area contributed by atoms with E-state index >= 15 is 0 Å². The normalized spacial score (nSPS) is 16.8. The molecule has 2 aromatic rings. The summed E-state index contributed by atoms with van der Waals surface area (Å²) in [6.45, 7) is 0.595. The van der Waals surface area contributed by atoms with E-state index in [1.807, 2.05) is 0 Å². The van der Waals surface area contributed by atoms with E-state index in [1.165, 1.54) is 14.2 Å². The molecule has 2 rings (SSSR count). The van der Waals surface area contributed by atoms with Crippen LogP contribution in [-0.2, 0) is 6.42 Å². The second-order valence-corrected chi connectivity index (χ2v) is 5.86. The molecule has 4 nitrogen and oxygen atoms in total. The van der Waals surface area contributed by atoms with Crippen molar-refractivity contribution in [1.82, 2.24) is 0 Å². The van der Waals surface area contributed by atoms with E-state index in [4.69, 9.17) is 25.2 Å². The number of aliphatic hydroxyl groups excluding tert-OH is 1. The zero-order valence-corrected chi connectivity index (χ0v) is 15.6. The van der Waals surface area contributed by atoms with Crippen molar-refractivity contribution >= 4 is 0 Å². The fourth-order valence-electron chi connectivity index (χ4n) is 2.24. The maximum absolute atomic E-state index is 10.4. The molecule has 0 bridgehead atoms. The number of hydrogen-bond donors (Lipinski definition) is 1. The van der Waals surface area contributed by atoms with Gasteiger partial charge in [-0.1, -0.05) is 18.5 Å². The second kappa shape index (κ2) is 10.1. The summed E-state index contributed by atoms with van der Waals surface area (Å²) in [7, 11) is 2.69. The molecule has 142 valence electrons. The van der Waals surface area contributed by atoms with E-state index in [9.17, 15) is 5.11 Å². The molecule has 0 amide bonds. The van der Waals surface area contributed by atoms with Crippen LogP contribution in [0.3, 0.4) is 0 Å². The summed E-state index contributed by atoms with van der Waals surface area (Å²) >= 11 is 0. The zero-order valence-electron chi connectivity index (χ0n) is 23.6. The van der Waals surface area contributed by atoms with Gasteiger partial charge in [-0.15, -0.1) is 0 Å². The molecular formula is C22H30O4. The third-order valence-corrected chi connectivity index (χ3v) is 3.88. The van der Waals surface area contributed by atoms with Gasteiger partial charge >= 0.3 is 0 Å². The Hall–Kier alpha value is -2.20. The molecule has 0 saturated heterocycles. The van der Waals surface area contributed by atoms with E-state index in [-0.39, 0.29) is 60.3 Å². The lowest BCUT2D eigenvalue weighted by molar-refractivity contribution is 0.0976. The van der Waals surface area contributed by atoms with Gasteiger partial charge < -0.3 is 19.3 Å². The molecule has 0 saturated carbocycles. The number of rotatable bonds is 10. The summed E-state index contributed by atoms with van der Waals surface area (Å²) in [4.78, 5) is 0. The summed E-state index contributed by atoms with van der Waals surface area (Å²) in [6, 6.07) is -1.14. The van der Waals surface area contributed by atoms with Gasteiger partial charge in [0.15, 0.2) is 11.5 Å². The maximum atomic E-state index is 10.4. The first-order chi connectivity index (χ1) is 15.8.